The van der Waals surface area contributed by atoms with E-state index in [-0.39, 0.29) is 26.5 Å². The number of carboxylic acid groups (broad SMARTS) is 1. The lowest BCUT2D eigenvalue weighted by atomic mass is 10.1. The summed E-state index contributed by atoms with van der Waals surface area (Å²) in [6, 6.07) is 1.47. The topological polar surface area (TPSA) is 139 Å². The van der Waals surface area contributed by atoms with Gasteiger partial charge in [0.1, 0.15) is 10.4 Å². The number of nitrogens with two attached hydrogens (primary N) is 1. The summed E-state index contributed by atoms with van der Waals surface area (Å²) in [6.45, 7) is 0. The van der Waals surface area contributed by atoms with E-state index in [9.17, 15) is 24.6 Å². The molecule has 1 aliphatic rings. The second kappa shape index (κ2) is 8.27. The van der Waals surface area contributed by atoms with Crippen molar-refractivity contribution in [3.8, 4) is 17.2 Å². The number of amides is 2. The van der Waals surface area contributed by atoms with Crippen LogP contribution in [0.3, 0.4) is 0 Å². The lowest BCUT2D eigenvalue weighted by Gasteiger charge is -2.21. The molecule has 1 atom stereocenters. The smallest absolute Gasteiger partial charge is 0.327 e. The molecule has 144 valence electrons. The van der Waals surface area contributed by atoms with Crippen LogP contribution in [0.15, 0.2) is 17.0 Å². The molecule has 2 rings (SSSR count). The summed E-state index contributed by atoms with van der Waals surface area (Å²) >= 11 is 5.99. The van der Waals surface area contributed by atoms with Crippen molar-refractivity contribution < 1.29 is 34.1 Å². The van der Waals surface area contributed by atoms with Crippen molar-refractivity contribution in [2.75, 3.05) is 14.2 Å². The van der Waals surface area contributed by atoms with Gasteiger partial charge in [0.05, 0.1) is 25.5 Å². The van der Waals surface area contributed by atoms with Crippen LogP contribution in [0.2, 0.25) is 0 Å². The van der Waals surface area contributed by atoms with Crippen molar-refractivity contribution >= 4 is 52.2 Å². The fourth-order valence-electron chi connectivity index (χ4n) is 2.38. The first-order chi connectivity index (χ1) is 12.7. The third kappa shape index (κ3) is 4.31. The van der Waals surface area contributed by atoms with E-state index >= 15 is 0 Å². The van der Waals surface area contributed by atoms with Gasteiger partial charge in [0.25, 0.3) is 5.91 Å². The number of benzene rings is 1. The number of ether oxygens (including phenoxy) is 2. The molecule has 11 heteroatoms. The highest BCUT2D eigenvalue weighted by molar-refractivity contribution is 8.26. The first-order valence-electron chi connectivity index (χ1n) is 7.42. The molecule has 0 saturated carbocycles. The van der Waals surface area contributed by atoms with Crippen LogP contribution in [0.4, 0.5) is 0 Å². The predicted molar refractivity (Wildman–Crippen MR) is 101 cm³/mol. The third-order valence-electron chi connectivity index (χ3n) is 3.61. The lowest BCUT2D eigenvalue weighted by Crippen LogP contribution is -2.46. The maximum atomic E-state index is 12.6. The van der Waals surface area contributed by atoms with E-state index in [2.05, 4.69) is 0 Å². The zero-order valence-electron chi connectivity index (χ0n) is 14.3. The molecule has 9 nitrogen and oxygen atoms in total. The molecule has 1 aromatic carbocycles. The van der Waals surface area contributed by atoms with Crippen molar-refractivity contribution in [2.45, 2.75) is 12.5 Å². The van der Waals surface area contributed by atoms with E-state index < -0.39 is 30.2 Å². The summed E-state index contributed by atoms with van der Waals surface area (Å²) in [4.78, 5) is 36.2. The van der Waals surface area contributed by atoms with Gasteiger partial charge in [-0.25, -0.2) is 4.79 Å². The second-order valence-electron chi connectivity index (χ2n) is 5.35. The Morgan fingerprint density at radius 2 is 1.89 bits per heavy atom. The van der Waals surface area contributed by atoms with Crippen LogP contribution in [0.25, 0.3) is 6.08 Å². The predicted octanol–water partition coefficient (Wildman–Crippen LogP) is 0.939. The second-order valence-corrected chi connectivity index (χ2v) is 7.03. The van der Waals surface area contributed by atoms with E-state index in [0.29, 0.717) is 5.56 Å². The quantitative estimate of drug-likeness (QED) is 0.441. The minimum absolute atomic E-state index is 0.00221. The normalized spacial score (nSPS) is 16.5. The third-order valence-corrected chi connectivity index (χ3v) is 4.95. The Balaban J connectivity index is 2.41. The average Bonchev–Trinajstić information content (AvgIpc) is 2.87. The number of hydrogen-bond acceptors (Lipinski definition) is 8. The Labute approximate surface area is 163 Å². The number of primary amides is 1. The highest BCUT2D eigenvalue weighted by Crippen LogP contribution is 2.40. The van der Waals surface area contributed by atoms with Crippen molar-refractivity contribution in [1.29, 1.82) is 0 Å². The van der Waals surface area contributed by atoms with E-state index in [0.717, 1.165) is 16.7 Å². The number of carbonyl (C=O) groups is 3. The van der Waals surface area contributed by atoms with Crippen molar-refractivity contribution in [3.63, 3.8) is 0 Å². The van der Waals surface area contributed by atoms with E-state index in [1.54, 1.807) is 0 Å². The van der Waals surface area contributed by atoms with Gasteiger partial charge in [-0.15, -0.1) is 0 Å². The molecular weight excluding hydrogens is 396 g/mol. The number of rotatable bonds is 7. The number of carboxylic acids is 1. The van der Waals surface area contributed by atoms with Gasteiger partial charge in [-0.05, 0) is 23.8 Å². The summed E-state index contributed by atoms with van der Waals surface area (Å²) < 4.78 is 10.1. The first-order valence-corrected chi connectivity index (χ1v) is 8.65. The van der Waals surface area contributed by atoms with Crippen LogP contribution >= 0.6 is 24.0 Å². The minimum Gasteiger partial charge on any atom is -0.502 e. The zero-order valence-corrected chi connectivity index (χ0v) is 15.9. The van der Waals surface area contributed by atoms with Crippen molar-refractivity contribution in [3.05, 3.63) is 22.6 Å². The Bertz CT molecular complexity index is 828. The van der Waals surface area contributed by atoms with E-state index in [1.165, 1.54) is 32.4 Å². The molecule has 0 radical (unpaired) electrons. The molecule has 1 fully saturated rings. The zero-order chi connectivity index (χ0) is 20.3. The van der Waals surface area contributed by atoms with Crippen LogP contribution < -0.4 is 15.2 Å². The Morgan fingerprint density at radius 1 is 1.33 bits per heavy atom. The summed E-state index contributed by atoms with van der Waals surface area (Å²) in [5.41, 5.74) is 5.53. The number of phenols is 1. The summed E-state index contributed by atoms with van der Waals surface area (Å²) in [6.07, 6.45) is 0.892. The summed E-state index contributed by atoms with van der Waals surface area (Å²) in [5.74, 6) is -2.85. The monoisotopic (exact) mass is 412 g/mol. The molecule has 0 spiro atoms. The van der Waals surface area contributed by atoms with Gasteiger partial charge < -0.3 is 25.4 Å². The van der Waals surface area contributed by atoms with Gasteiger partial charge in [0, 0.05) is 0 Å². The molecule has 0 aromatic heterocycles. The van der Waals surface area contributed by atoms with Crippen LogP contribution in [0.1, 0.15) is 12.0 Å². The van der Waals surface area contributed by atoms with E-state index in [4.69, 9.17) is 27.4 Å². The lowest BCUT2D eigenvalue weighted by molar-refractivity contribution is -0.146. The molecule has 1 heterocycles. The van der Waals surface area contributed by atoms with Crippen molar-refractivity contribution in [1.82, 2.24) is 4.90 Å². The average molecular weight is 412 g/mol. The van der Waals surface area contributed by atoms with Gasteiger partial charge in [0.2, 0.25) is 11.7 Å². The molecule has 1 unspecified atom stereocenters. The first kappa shape index (κ1) is 20.5. The molecular formula is C16H16N2O7S2. The standard InChI is InChI=1S/C16H16N2O7S2/c1-24-9-3-7(4-10(25-2)13(9)20)5-11-14(21)18(16(26)27-11)8(15(22)23)6-12(17)19/h3-5,8,20H,6H2,1-2H3,(H2,17,19)(H,22,23)/b11-5-. The fourth-order valence-corrected chi connectivity index (χ4v) is 3.73. The van der Waals surface area contributed by atoms with Gasteiger partial charge in [-0.1, -0.05) is 24.0 Å². The number of hydrogen-bond donors (Lipinski definition) is 3. The fraction of sp³-hybridized carbons (Fsp3) is 0.250. The molecule has 2 amide bonds. The Kier molecular flexibility index (Phi) is 6.28. The van der Waals surface area contributed by atoms with Crippen LogP contribution in [0, 0.1) is 0 Å². The minimum atomic E-state index is -1.48. The molecule has 1 saturated heterocycles. The van der Waals surface area contributed by atoms with E-state index in [1.807, 2.05) is 0 Å². The van der Waals surface area contributed by atoms with Gasteiger partial charge in [-0.2, -0.15) is 0 Å². The van der Waals surface area contributed by atoms with Crippen LogP contribution in [0.5, 0.6) is 17.2 Å². The largest absolute Gasteiger partial charge is 0.502 e. The maximum absolute atomic E-state index is 12.6. The number of phenolic OH excluding ortho intramolecular Hbond substituents is 1. The number of methoxy groups -OCH3 is 2. The highest BCUT2D eigenvalue weighted by Gasteiger charge is 2.41. The Morgan fingerprint density at radius 3 is 2.33 bits per heavy atom. The molecule has 27 heavy (non-hydrogen) atoms. The summed E-state index contributed by atoms with van der Waals surface area (Å²) in [5, 5.41) is 19.3. The number of carbonyl (C=O) groups excluding carboxylic acids is 2. The highest BCUT2D eigenvalue weighted by atomic mass is 32.2. The maximum Gasteiger partial charge on any atom is 0.327 e. The number of aliphatic carboxylic acids is 1. The van der Waals surface area contributed by atoms with Crippen LogP contribution in [-0.2, 0) is 14.4 Å². The SMILES string of the molecule is COc1cc(/C=C2\SC(=S)N(C(CC(N)=O)C(=O)O)C2=O)cc(OC)c1O. The molecule has 1 aliphatic heterocycles. The Hall–Kier alpha value is -2.79. The molecule has 0 aliphatic carbocycles. The number of aromatic hydroxyl groups is 1. The van der Waals surface area contributed by atoms with Crippen molar-refractivity contribution in [2.24, 2.45) is 5.73 Å². The van der Waals surface area contributed by atoms with Crippen LogP contribution in [-0.4, -0.2) is 57.5 Å². The number of thiocarbonyl (C=S) groups is 1. The van der Waals surface area contributed by atoms with Gasteiger partial charge in [-0.3, -0.25) is 14.5 Å². The molecule has 0 bridgehead atoms. The number of thioether (sulfide) groups is 1. The molecule has 1 aromatic rings. The number of nitrogens with zero attached hydrogens (tertiary/aromatic N) is 1. The van der Waals surface area contributed by atoms with Gasteiger partial charge in [0.15, 0.2) is 11.5 Å². The van der Waals surface area contributed by atoms with Gasteiger partial charge >= 0.3 is 5.97 Å². The summed E-state index contributed by atoms with van der Waals surface area (Å²) in [7, 11) is 2.72. The molecule has 4 N–H and O–H groups in total.